The lowest BCUT2D eigenvalue weighted by atomic mass is 10.1. The van der Waals surface area contributed by atoms with Crippen molar-refractivity contribution in [2.24, 2.45) is 5.18 Å². The second kappa shape index (κ2) is 5.45. The predicted octanol–water partition coefficient (Wildman–Crippen LogP) is 1.93. The maximum absolute atomic E-state index is 11.2. The van der Waals surface area contributed by atoms with Gasteiger partial charge in [-0.2, -0.15) is 5.26 Å². The second-order valence-corrected chi connectivity index (χ2v) is 2.78. The van der Waals surface area contributed by atoms with Crippen molar-refractivity contribution in [1.29, 1.82) is 5.26 Å². The lowest BCUT2D eigenvalue weighted by molar-refractivity contribution is -0.114. The molecule has 0 saturated heterocycles. The number of nitrogens with zero attached hydrogens (tertiary/aromatic N) is 2. The highest BCUT2D eigenvalue weighted by Crippen LogP contribution is 2.02. The summed E-state index contributed by atoms with van der Waals surface area (Å²) < 4.78 is 0. The Morgan fingerprint density at radius 2 is 2.07 bits per heavy atom. The Morgan fingerprint density at radius 3 is 2.60 bits per heavy atom. The average Bonchev–Trinajstić information content (AvgIpc) is 2.29. The quantitative estimate of drug-likeness (QED) is 0.550. The molecule has 1 atom stereocenters. The summed E-state index contributed by atoms with van der Waals surface area (Å²) >= 11 is 0. The molecule has 1 aromatic rings. The Balaban J connectivity index is 2.71. The fourth-order valence-corrected chi connectivity index (χ4v) is 0.973. The molecule has 4 nitrogen and oxygen atoms in total. The molecular weight excluding hydrogens is 192 g/mol. The number of hydrogen-bond donors (Lipinski definition) is 0. The van der Waals surface area contributed by atoms with Crippen molar-refractivity contribution in [1.82, 2.24) is 0 Å². The molecule has 4 heteroatoms. The van der Waals surface area contributed by atoms with E-state index in [2.05, 4.69) is 5.18 Å². The molecule has 1 rings (SSSR count). The minimum absolute atomic E-state index is 0.601. The van der Waals surface area contributed by atoms with E-state index in [9.17, 15) is 9.70 Å². The molecular formula is C11H8N2O2. The van der Waals surface area contributed by atoms with Crippen LogP contribution in [0.2, 0.25) is 0 Å². The Bertz CT molecular complexity index is 418. The minimum atomic E-state index is -1.44. The van der Waals surface area contributed by atoms with E-state index < -0.39 is 11.8 Å². The van der Waals surface area contributed by atoms with Crippen LogP contribution in [0.3, 0.4) is 0 Å². The third kappa shape index (κ3) is 3.16. The number of carbonyl (C=O) groups is 1. The molecule has 1 unspecified atom stereocenters. The number of nitriles is 1. The van der Waals surface area contributed by atoms with Crippen LogP contribution in [0, 0.1) is 16.2 Å². The van der Waals surface area contributed by atoms with Crippen LogP contribution in [-0.2, 0) is 4.79 Å². The Hall–Kier alpha value is -2.28. The fraction of sp³-hybridized carbons (Fsp3) is 0.0909. The first kappa shape index (κ1) is 10.8. The van der Waals surface area contributed by atoms with Crippen molar-refractivity contribution in [3.05, 3.63) is 46.9 Å². The van der Waals surface area contributed by atoms with Gasteiger partial charge in [-0.15, -0.1) is 4.91 Å². The maximum Gasteiger partial charge on any atom is 0.239 e. The standard InChI is InChI=1S/C11H8N2O2/c12-8-10(13-15)11(14)7-6-9-4-2-1-3-5-9/h1-7,10H. The summed E-state index contributed by atoms with van der Waals surface area (Å²) in [6, 6.07) is 9.18. The van der Waals surface area contributed by atoms with E-state index in [4.69, 9.17) is 5.26 Å². The summed E-state index contributed by atoms with van der Waals surface area (Å²) in [5.41, 5.74) is 0.827. The van der Waals surface area contributed by atoms with E-state index in [1.54, 1.807) is 12.1 Å². The molecule has 0 aliphatic carbocycles. The maximum atomic E-state index is 11.2. The Labute approximate surface area is 86.8 Å². The highest BCUT2D eigenvalue weighted by molar-refractivity contribution is 5.99. The molecule has 0 aliphatic heterocycles. The van der Waals surface area contributed by atoms with Gasteiger partial charge in [0.15, 0.2) is 5.78 Å². The Morgan fingerprint density at radius 1 is 1.40 bits per heavy atom. The van der Waals surface area contributed by atoms with Crippen molar-refractivity contribution >= 4 is 11.9 Å². The summed E-state index contributed by atoms with van der Waals surface area (Å²) in [6.07, 6.45) is 2.72. The van der Waals surface area contributed by atoms with Gasteiger partial charge in [0.2, 0.25) is 6.04 Å². The summed E-state index contributed by atoms with van der Waals surface area (Å²) in [7, 11) is 0. The van der Waals surface area contributed by atoms with Crippen LogP contribution in [0.5, 0.6) is 0 Å². The van der Waals surface area contributed by atoms with Gasteiger partial charge in [0, 0.05) is 0 Å². The zero-order chi connectivity index (χ0) is 11.1. The summed E-state index contributed by atoms with van der Waals surface area (Å²) in [6.45, 7) is 0. The highest BCUT2D eigenvalue weighted by Gasteiger charge is 2.14. The van der Waals surface area contributed by atoms with Crippen molar-refractivity contribution in [2.45, 2.75) is 6.04 Å². The number of hydrogen-bond acceptors (Lipinski definition) is 4. The number of nitroso groups, excluding NO2 is 1. The van der Waals surface area contributed by atoms with E-state index in [0.717, 1.165) is 5.56 Å². The van der Waals surface area contributed by atoms with Crippen molar-refractivity contribution < 1.29 is 4.79 Å². The zero-order valence-corrected chi connectivity index (χ0v) is 7.83. The van der Waals surface area contributed by atoms with Crippen LogP contribution >= 0.6 is 0 Å². The van der Waals surface area contributed by atoms with E-state index in [0.29, 0.717) is 0 Å². The third-order valence-electron chi connectivity index (χ3n) is 1.74. The van der Waals surface area contributed by atoms with Crippen molar-refractivity contribution in [3.8, 4) is 6.07 Å². The van der Waals surface area contributed by atoms with E-state index >= 15 is 0 Å². The van der Waals surface area contributed by atoms with Crippen molar-refractivity contribution in [2.75, 3.05) is 0 Å². The van der Waals surface area contributed by atoms with Gasteiger partial charge in [0.1, 0.15) is 6.07 Å². The number of rotatable bonds is 4. The molecule has 15 heavy (non-hydrogen) atoms. The van der Waals surface area contributed by atoms with Crippen LogP contribution in [0.4, 0.5) is 0 Å². The molecule has 0 heterocycles. The van der Waals surface area contributed by atoms with Gasteiger partial charge < -0.3 is 0 Å². The first-order valence-corrected chi connectivity index (χ1v) is 4.27. The normalized spacial score (nSPS) is 11.9. The smallest absolute Gasteiger partial charge is 0.239 e. The molecule has 0 fully saturated rings. The van der Waals surface area contributed by atoms with Crippen LogP contribution in [-0.4, -0.2) is 11.8 Å². The minimum Gasteiger partial charge on any atom is -0.291 e. The molecule has 0 spiro atoms. The van der Waals surface area contributed by atoms with E-state index in [-0.39, 0.29) is 0 Å². The Kier molecular flexibility index (Phi) is 3.92. The summed E-state index contributed by atoms with van der Waals surface area (Å²) in [5, 5.41) is 10.8. The monoisotopic (exact) mass is 200 g/mol. The largest absolute Gasteiger partial charge is 0.291 e. The van der Waals surface area contributed by atoms with Gasteiger partial charge >= 0.3 is 0 Å². The van der Waals surface area contributed by atoms with Crippen LogP contribution in [0.25, 0.3) is 6.08 Å². The first-order valence-electron chi connectivity index (χ1n) is 4.27. The van der Waals surface area contributed by atoms with Crippen LogP contribution < -0.4 is 0 Å². The third-order valence-corrected chi connectivity index (χ3v) is 1.74. The molecule has 0 amide bonds. The van der Waals surface area contributed by atoms with Gasteiger partial charge in [-0.05, 0) is 16.8 Å². The molecule has 0 radical (unpaired) electrons. The predicted molar refractivity (Wildman–Crippen MR) is 55.7 cm³/mol. The average molecular weight is 200 g/mol. The van der Waals surface area contributed by atoms with Gasteiger partial charge in [-0.1, -0.05) is 36.4 Å². The zero-order valence-electron chi connectivity index (χ0n) is 7.83. The van der Waals surface area contributed by atoms with Crippen molar-refractivity contribution in [3.63, 3.8) is 0 Å². The number of ketones is 1. The highest BCUT2D eigenvalue weighted by atomic mass is 16.3. The molecule has 0 aromatic heterocycles. The van der Waals surface area contributed by atoms with Crippen LogP contribution in [0.1, 0.15) is 5.56 Å². The molecule has 0 N–H and O–H groups in total. The first-order chi connectivity index (χ1) is 7.27. The van der Waals surface area contributed by atoms with E-state index in [1.807, 2.05) is 18.2 Å². The number of benzene rings is 1. The lowest BCUT2D eigenvalue weighted by Crippen LogP contribution is -2.12. The van der Waals surface area contributed by atoms with Gasteiger partial charge in [0.25, 0.3) is 0 Å². The topological polar surface area (TPSA) is 70.3 Å². The summed E-state index contributed by atoms with van der Waals surface area (Å²) in [5.74, 6) is -0.601. The van der Waals surface area contributed by atoms with Gasteiger partial charge in [0.05, 0.1) is 0 Å². The molecule has 0 saturated carbocycles. The number of carbonyl (C=O) groups excluding carboxylic acids is 1. The molecule has 0 aliphatic rings. The fourth-order valence-electron chi connectivity index (χ4n) is 0.973. The molecule has 74 valence electrons. The summed E-state index contributed by atoms with van der Waals surface area (Å²) in [4.78, 5) is 21.2. The van der Waals surface area contributed by atoms with Crippen LogP contribution in [0.15, 0.2) is 41.6 Å². The van der Waals surface area contributed by atoms with Gasteiger partial charge in [-0.25, -0.2) is 0 Å². The molecule has 1 aromatic carbocycles. The molecule has 0 bridgehead atoms. The van der Waals surface area contributed by atoms with Gasteiger partial charge in [-0.3, -0.25) is 4.79 Å². The SMILES string of the molecule is N#CC(N=O)C(=O)C=Cc1ccccc1. The van der Waals surface area contributed by atoms with E-state index in [1.165, 1.54) is 18.2 Å². The lowest BCUT2D eigenvalue weighted by Gasteiger charge is -1.93. The second-order valence-electron chi connectivity index (χ2n) is 2.78.